The van der Waals surface area contributed by atoms with E-state index in [4.69, 9.17) is 0 Å². The maximum Gasteiger partial charge on any atom is 0.123 e. The van der Waals surface area contributed by atoms with Gasteiger partial charge in [0.2, 0.25) is 0 Å². The van der Waals surface area contributed by atoms with Crippen molar-refractivity contribution in [2.75, 3.05) is 5.32 Å². The van der Waals surface area contributed by atoms with Gasteiger partial charge in [-0.15, -0.1) is 11.3 Å². The number of aryl methyl sites for hydroxylation is 1. The molecular weight excluding hydrogens is 276 g/mol. The van der Waals surface area contributed by atoms with Gasteiger partial charge in [-0.05, 0) is 49.2 Å². The standard InChI is InChI=1S/C18H18N2S/c1-13-5-3-4-6-17(13)14(2)20-16-9-7-15(8-10-16)18-19-11-12-21-18/h3-12,14,20H,1-2H3. The van der Waals surface area contributed by atoms with Crippen molar-refractivity contribution in [1.82, 2.24) is 4.98 Å². The van der Waals surface area contributed by atoms with E-state index in [9.17, 15) is 0 Å². The minimum absolute atomic E-state index is 0.289. The van der Waals surface area contributed by atoms with Gasteiger partial charge in [-0.25, -0.2) is 4.98 Å². The smallest absolute Gasteiger partial charge is 0.123 e. The molecule has 0 saturated carbocycles. The molecule has 0 radical (unpaired) electrons. The summed E-state index contributed by atoms with van der Waals surface area (Å²) in [6.45, 7) is 4.34. The summed E-state index contributed by atoms with van der Waals surface area (Å²) < 4.78 is 0. The van der Waals surface area contributed by atoms with E-state index in [1.807, 2.05) is 11.6 Å². The van der Waals surface area contributed by atoms with Crippen LogP contribution in [-0.4, -0.2) is 4.98 Å². The van der Waals surface area contributed by atoms with Gasteiger partial charge in [0, 0.05) is 28.9 Å². The molecule has 0 aliphatic carbocycles. The monoisotopic (exact) mass is 294 g/mol. The second kappa shape index (κ2) is 6.10. The Hall–Kier alpha value is -2.13. The van der Waals surface area contributed by atoms with Crippen LogP contribution in [0.5, 0.6) is 0 Å². The first kappa shape index (κ1) is 13.8. The number of hydrogen-bond donors (Lipinski definition) is 1. The van der Waals surface area contributed by atoms with Crippen LogP contribution in [0.3, 0.4) is 0 Å². The van der Waals surface area contributed by atoms with Crippen molar-refractivity contribution in [2.24, 2.45) is 0 Å². The normalized spacial score (nSPS) is 12.1. The van der Waals surface area contributed by atoms with E-state index in [0.717, 1.165) is 10.7 Å². The molecule has 1 heterocycles. The largest absolute Gasteiger partial charge is 0.379 e. The topological polar surface area (TPSA) is 24.9 Å². The third kappa shape index (κ3) is 3.14. The van der Waals surface area contributed by atoms with Crippen LogP contribution < -0.4 is 5.32 Å². The average Bonchev–Trinajstić information content (AvgIpc) is 3.02. The zero-order valence-corrected chi connectivity index (χ0v) is 13.0. The molecule has 2 aromatic carbocycles. The first-order chi connectivity index (χ1) is 10.2. The van der Waals surface area contributed by atoms with Gasteiger partial charge in [0.15, 0.2) is 0 Å². The van der Waals surface area contributed by atoms with Crippen molar-refractivity contribution in [3.63, 3.8) is 0 Å². The van der Waals surface area contributed by atoms with E-state index in [1.54, 1.807) is 11.3 Å². The van der Waals surface area contributed by atoms with Gasteiger partial charge in [-0.3, -0.25) is 0 Å². The quantitative estimate of drug-likeness (QED) is 0.707. The lowest BCUT2D eigenvalue weighted by Crippen LogP contribution is -2.07. The van der Waals surface area contributed by atoms with Crippen LogP contribution in [0.2, 0.25) is 0 Å². The highest BCUT2D eigenvalue weighted by Gasteiger charge is 2.08. The highest BCUT2D eigenvalue weighted by Crippen LogP contribution is 2.26. The van der Waals surface area contributed by atoms with Crippen molar-refractivity contribution in [1.29, 1.82) is 0 Å². The van der Waals surface area contributed by atoms with Gasteiger partial charge in [0.25, 0.3) is 0 Å². The fraction of sp³-hybridized carbons (Fsp3) is 0.167. The summed E-state index contributed by atoms with van der Waals surface area (Å²) in [5.74, 6) is 0. The SMILES string of the molecule is Cc1ccccc1C(C)Nc1ccc(-c2nccs2)cc1. The average molecular weight is 294 g/mol. The van der Waals surface area contributed by atoms with Gasteiger partial charge < -0.3 is 5.32 Å². The number of anilines is 1. The van der Waals surface area contributed by atoms with Crippen LogP contribution in [0.4, 0.5) is 5.69 Å². The summed E-state index contributed by atoms with van der Waals surface area (Å²) in [5.41, 5.74) is 4.95. The molecule has 0 saturated heterocycles. The Balaban J connectivity index is 1.75. The molecule has 1 N–H and O–H groups in total. The van der Waals surface area contributed by atoms with Crippen LogP contribution >= 0.6 is 11.3 Å². The molecule has 2 nitrogen and oxygen atoms in total. The third-order valence-corrected chi connectivity index (χ3v) is 4.42. The van der Waals surface area contributed by atoms with Crippen molar-refractivity contribution in [2.45, 2.75) is 19.9 Å². The lowest BCUT2D eigenvalue weighted by Gasteiger charge is -2.18. The van der Waals surface area contributed by atoms with Crippen molar-refractivity contribution in [3.8, 4) is 10.6 Å². The maximum atomic E-state index is 4.33. The van der Waals surface area contributed by atoms with Gasteiger partial charge in [0.1, 0.15) is 5.01 Å². The zero-order chi connectivity index (χ0) is 14.7. The van der Waals surface area contributed by atoms with Gasteiger partial charge >= 0.3 is 0 Å². The molecule has 21 heavy (non-hydrogen) atoms. The molecule has 0 bridgehead atoms. The molecule has 1 atom stereocenters. The van der Waals surface area contributed by atoms with Gasteiger partial charge in [-0.2, -0.15) is 0 Å². The summed E-state index contributed by atoms with van der Waals surface area (Å²) >= 11 is 1.66. The molecular formula is C18H18N2S. The van der Waals surface area contributed by atoms with Crippen molar-refractivity contribution < 1.29 is 0 Å². The molecule has 3 heteroatoms. The molecule has 1 unspecified atom stereocenters. The number of hydrogen-bond acceptors (Lipinski definition) is 3. The van der Waals surface area contributed by atoms with Crippen molar-refractivity contribution in [3.05, 3.63) is 71.2 Å². The van der Waals surface area contributed by atoms with Crippen LogP contribution in [0.15, 0.2) is 60.1 Å². The van der Waals surface area contributed by atoms with E-state index in [0.29, 0.717) is 0 Å². The molecule has 0 aliphatic rings. The Kier molecular flexibility index (Phi) is 4.02. The Labute approximate surface area is 129 Å². The third-order valence-electron chi connectivity index (χ3n) is 3.60. The number of nitrogens with one attached hydrogen (secondary N) is 1. The first-order valence-electron chi connectivity index (χ1n) is 7.06. The highest BCUT2D eigenvalue weighted by molar-refractivity contribution is 7.13. The van der Waals surface area contributed by atoms with Crippen LogP contribution in [0.1, 0.15) is 24.1 Å². The number of rotatable bonds is 4. The molecule has 1 aromatic heterocycles. The maximum absolute atomic E-state index is 4.33. The molecule has 0 fully saturated rings. The number of aromatic nitrogens is 1. The molecule has 3 rings (SSSR count). The summed E-state index contributed by atoms with van der Waals surface area (Å²) in [5, 5.41) is 6.62. The second-order valence-corrected chi connectivity index (χ2v) is 6.03. The Morgan fingerprint density at radius 1 is 1.05 bits per heavy atom. The second-order valence-electron chi connectivity index (χ2n) is 5.14. The highest BCUT2D eigenvalue weighted by atomic mass is 32.1. The summed E-state index contributed by atoms with van der Waals surface area (Å²) in [6, 6.07) is 17.3. The molecule has 0 amide bonds. The van der Waals surface area contributed by atoms with Crippen LogP contribution in [0.25, 0.3) is 10.6 Å². The molecule has 3 aromatic rings. The Morgan fingerprint density at radius 2 is 1.81 bits per heavy atom. The van der Waals surface area contributed by atoms with Crippen LogP contribution in [0, 0.1) is 6.92 Å². The number of thiazole rings is 1. The van der Waals surface area contributed by atoms with E-state index in [2.05, 4.69) is 72.7 Å². The summed E-state index contributed by atoms with van der Waals surface area (Å²) in [7, 11) is 0. The summed E-state index contributed by atoms with van der Waals surface area (Å²) in [4.78, 5) is 4.33. The van der Waals surface area contributed by atoms with Crippen LogP contribution in [-0.2, 0) is 0 Å². The lowest BCUT2D eigenvalue weighted by molar-refractivity contribution is 0.874. The molecule has 0 spiro atoms. The Bertz CT molecular complexity index is 702. The molecule has 0 aliphatic heterocycles. The van der Waals surface area contributed by atoms with E-state index >= 15 is 0 Å². The number of nitrogens with zero attached hydrogens (tertiary/aromatic N) is 1. The fourth-order valence-electron chi connectivity index (χ4n) is 2.48. The predicted molar refractivity (Wildman–Crippen MR) is 90.8 cm³/mol. The zero-order valence-electron chi connectivity index (χ0n) is 12.2. The minimum atomic E-state index is 0.289. The van der Waals surface area contributed by atoms with Crippen molar-refractivity contribution >= 4 is 17.0 Å². The van der Waals surface area contributed by atoms with Gasteiger partial charge in [0.05, 0.1) is 0 Å². The molecule has 106 valence electrons. The van der Waals surface area contributed by atoms with E-state index in [1.165, 1.54) is 16.7 Å². The van der Waals surface area contributed by atoms with E-state index in [-0.39, 0.29) is 6.04 Å². The Morgan fingerprint density at radius 3 is 2.48 bits per heavy atom. The summed E-state index contributed by atoms with van der Waals surface area (Å²) in [6.07, 6.45) is 1.84. The van der Waals surface area contributed by atoms with Gasteiger partial charge in [-0.1, -0.05) is 24.3 Å². The first-order valence-corrected chi connectivity index (χ1v) is 7.94. The lowest BCUT2D eigenvalue weighted by atomic mass is 10.0. The number of benzene rings is 2. The van der Waals surface area contributed by atoms with E-state index < -0.39 is 0 Å². The minimum Gasteiger partial charge on any atom is -0.379 e. The fourth-order valence-corrected chi connectivity index (χ4v) is 3.12. The predicted octanol–water partition coefficient (Wildman–Crippen LogP) is 5.29.